The molecule has 1 saturated heterocycles. The molecule has 1 aliphatic carbocycles. The van der Waals surface area contributed by atoms with Gasteiger partial charge < -0.3 is 14.6 Å². The lowest BCUT2D eigenvalue weighted by molar-refractivity contribution is -0.0447. The lowest BCUT2D eigenvalue weighted by Crippen LogP contribution is -2.47. The Bertz CT molecular complexity index is 826. The van der Waals surface area contributed by atoms with Crippen LogP contribution in [0.3, 0.4) is 0 Å². The maximum atomic E-state index is 13.2. The van der Waals surface area contributed by atoms with Crippen LogP contribution in [0.5, 0.6) is 0 Å². The average molecular weight is 338 g/mol. The molecule has 1 aromatic carbocycles. The zero-order chi connectivity index (χ0) is 17.4. The van der Waals surface area contributed by atoms with Crippen molar-refractivity contribution in [1.29, 1.82) is 0 Å². The molecule has 0 radical (unpaired) electrons. The third kappa shape index (κ3) is 3.37. The van der Waals surface area contributed by atoms with E-state index in [2.05, 4.69) is 4.98 Å². The van der Waals surface area contributed by atoms with Gasteiger partial charge >= 0.3 is 0 Å². The van der Waals surface area contributed by atoms with Gasteiger partial charge in [0.15, 0.2) is 0 Å². The Labute approximate surface area is 146 Å². The third-order valence-electron chi connectivity index (χ3n) is 4.94. The Hall–Kier alpha value is -2.40. The fourth-order valence-electron chi connectivity index (χ4n) is 3.45. The number of benzene rings is 1. The molecular formula is C20H22N2O3. The molecule has 2 aromatic rings. The van der Waals surface area contributed by atoms with Gasteiger partial charge in [-0.15, -0.1) is 0 Å². The van der Waals surface area contributed by atoms with Gasteiger partial charge in [0, 0.05) is 23.9 Å². The SMILES string of the molecule is CC1CN(C(=O)c2cc(C3CC3)[nH]c(=O)c2)C(c2ccccc2)CO1. The van der Waals surface area contributed by atoms with Crippen LogP contribution in [0.2, 0.25) is 0 Å². The summed E-state index contributed by atoms with van der Waals surface area (Å²) in [5, 5.41) is 0. The van der Waals surface area contributed by atoms with Crippen LogP contribution in [-0.4, -0.2) is 35.0 Å². The van der Waals surface area contributed by atoms with Crippen LogP contribution in [0.1, 0.15) is 53.3 Å². The summed E-state index contributed by atoms with van der Waals surface area (Å²) in [4.78, 5) is 29.9. The monoisotopic (exact) mass is 338 g/mol. The normalized spacial score (nSPS) is 23.5. The predicted molar refractivity (Wildman–Crippen MR) is 94.7 cm³/mol. The van der Waals surface area contributed by atoms with Crippen LogP contribution < -0.4 is 5.56 Å². The molecule has 2 unspecified atom stereocenters. The molecule has 5 nitrogen and oxygen atoms in total. The smallest absolute Gasteiger partial charge is 0.254 e. The maximum absolute atomic E-state index is 13.2. The van der Waals surface area contributed by atoms with Crippen molar-refractivity contribution in [3.05, 3.63) is 69.6 Å². The Kier molecular flexibility index (Phi) is 4.17. The largest absolute Gasteiger partial charge is 0.374 e. The number of carbonyl (C=O) groups excluding carboxylic acids is 1. The molecule has 2 fully saturated rings. The van der Waals surface area contributed by atoms with Gasteiger partial charge in [0.2, 0.25) is 5.56 Å². The van der Waals surface area contributed by atoms with Gasteiger partial charge in [0.25, 0.3) is 5.91 Å². The molecule has 25 heavy (non-hydrogen) atoms. The fourth-order valence-corrected chi connectivity index (χ4v) is 3.45. The van der Waals surface area contributed by atoms with E-state index >= 15 is 0 Å². The highest BCUT2D eigenvalue weighted by Crippen LogP contribution is 2.39. The second-order valence-electron chi connectivity index (χ2n) is 6.99. The molecule has 1 amide bonds. The number of ether oxygens (including phenoxy) is 1. The lowest BCUT2D eigenvalue weighted by Gasteiger charge is -2.39. The van der Waals surface area contributed by atoms with Crippen molar-refractivity contribution in [1.82, 2.24) is 9.88 Å². The van der Waals surface area contributed by atoms with Crippen LogP contribution in [0.4, 0.5) is 0 Å². The highest BCUT2D eigenvalue weighted by atomic mass is 16.5. The van der Waals surface area contributed by atoms with Crippen molar-refractivity contribution < 1.29 is 9.53 Å². The zero-order valence-electron chi connectivity index (χ0n) is 14.3. The number of pyridine rings is 1. The minimum Gasteiger partial charge on any atom is -0.374 e. The van der Waals surface area contributed by atoms with E-state index in [-0.39, 0.29) is 23.6 Å². The van der Waals surface area contributed by atoms with Crippen LogP contribution >= 0.6 is 0 Å². The maximum Gasteiger partial charge on any atom is 0.254 e. The summed E-state index contributed by atoms with van der Waals surface area (Å²) in [7, 11) is 0. The summed E-state index contributed by atoms with van der Waals surface area (Å²) in [6.07, 6.45) is 2.14. The first-order valence-electron chi connectivity index (χ1n) is 8.83. The number of aromatic amines is 1. The van der Waals surface area contributed by atoms with Gasteiger partial charge in [-0.2, -0.15) is 0 Å². The molecule has 0 spiro atoms. The molecule has 2 heterocycles. The molecule has 1 aromatic heterocycles. The Morgan fingerprint density at radius 2 is 1.96 bits per heavy atom. The molecule has 130 valence electrons. The predicted octanol–water partition coefficient (Wildman–Crippen LogP) is 2.85. The minimum absolute atomic E-state index is 0.0196. The van der Waals surface area contributed by atoms with Crippen LogP contribution in [-0.2, 0) is 4.74 Å². The number of nitrogens with one attached hydrogen (secondary N) is 1. The zero-order valence-corrected chi connectivity index (χ0v) is 14.3. The van der Waals surface area contributed by atoms with Crippen molar-refractivity contribution in [2.45, 2.75) is 37.8 Å². The van der Waals surface area contributed by atoms with Crippen LogP contribution in [0.25, 0.3) is 0 Å². The average Bonchev–Trinajstić information content (AvgIpc) is 3.46. The van der Waals surface area contributed by atoms with E-state index in [4.69, 9.17) is 4.74 Å². The number of nitrogens with zero attached hydrogens (tertiary/aromatic N) is 1. The van der Waals surface area contributed by atoms with E-state index in [0.717, 1.165) is 24.1 Å². The summed E-state index contributed by atoms with van der Waals surface area (Å²) in [5.41, 5.74) is 2.20. The molecule has 4 rings (SSSR count). The number of hydrogen-bond acceptors (Lipinski definition) is 3. The number of amides is 1. The lowest BCUT2D eigenvalue weighted by atomic mass is 10.0. The van der Waals surface area contributed by atoms with Gasteiger partial charge in [-0.25, -0.2) is 0 Å². The van der Waals surface area contributed by atoms with E-state index in [1.54, 1.807) is 0 Å². The minimum atomic E-state index is -0.203. The van der Waals surface area contributed by atoms with Crippen molar-refractivity contribution in [2.24, 2.45) is 0 Å². The van der Waals surface area contributed by atoms with E-state index in [1.807, 2.05) is 48.2 Å². The molecule has 2 atom stereocenters. The first kappa shape index (κ1) is 16.1. The van der Waals surface area contributed by atoms with Gasteiger partial charge in [-0.05, 0) is 37.3 Å². The third-order valence-corrected chi connectivity index (χ3v) is 4.94. The number of hydrogen-bond donors (Lipinski definition) is 1. The Morgan fingerprint density at radius 1 is 1.20 bits per heavy atom. The number of morpholine rings is 1. The summed E-state index contributed by atoms with van der Waals surface area (Å²) < 4.78 is 5.80. The van der Waals surface area contributed by atoms with Gasteiger partial charge in [0.1, 0.15) is 0 Å². The van der Waals surface area contributed by atoms with E-state index in [0.29, 0.717) is 24.6 Å². The summed E-state index contributed by atoms with van der Waals surface area (Å²) >= 11 is 0. The summed E-state index contributed by atoms with van der Waals surface area (Å²) in [6, 6.07) is 13.0. The second-order valence-corrected chi connectivity index (χ2v) is 6.99. The highest BCUT2D eigenvalue weighted by molar-refractivity contribution is 5.94. The van der Waals surface area contributed by atoms with Crippen LogP contribution in [0, 0.1) is 0 Å². The Balaban J connectivity index is 1.67. The van der Waals surface area contributed by atoms with Gasteiger partial charge in [-0.3, -0.25) is 9.59 Å². The van der Waals surface area contributed by atoms with Gasteiger partial charge in [0.05, 0.1) is 18.8 Å². The number of H-pyrrole nitrogens is 1. The highest BCUT2D eigenvalue weighted by Gasteiger charge is 2.33. The quantitative estimate of drug-likeness (QED) is 0.936. The fraction of sp³-hybridized carbons (Fsp3) is 0.400. The molecular weight excluding hydrogens is 316 g/mol. The summed E-state index contributed by atoms with van der Waals surface area (Å²) in [5.74, 6) is 0.297. The van der Waals surface area contributed by atoms with Crippen molar-refractivity contribution in [2.75, 3.05) is 13.2 Å². The molecule has 1 saturated carbocycles. The van der Waals surface area contributed by atoms with Crippen molar-refractivity contribution >= 4 is 5.91 Å². The van der Waals surface area contributed by atoms with Crippen molar-refractivity contribution in [3.8, 4) is 0 Å². The van der Waals surface area contributed by atoms with E-state index in [1.165, 1.54) is 6.07 Å². The second kappa shape index (κ2) is 6.48. The number of aromatic nitrogens is 1. The van der Waals surface area contributed by atoms with E-state index < -0.39 is 0 Å². The first-order chi connectivity index (χ1) is 12.1. The summed E-state index contributed by atoms with van der Waals surface area (Å²) in [6.45, 7) is 2.95. The first-order valence-corrected chi connectivity index (χ1v) is 8.83. The van der Waals surface area contributed by atoms with E-state index in [9.17, 15) is 9.59 Å². The number of rotatable bonds is 3. The van der Waals surface area contributed by atoms with Crippen LogP contribution in [0.15, 0.2) is 47.3 Å². The number of carbonyl (C=O) groups is 1. The molecule has 2 aliphatic rings. The Morgan fingerprint density at radius 3 is 2.68 bits per heavy atom. The standard InChI is InChI=1S/C20H22N2O3/c1-13-11-22(18(12-25-13)15-5-3-2-4-6-15)20(24)16-9-17(14-7-8-14)21-19(23)10-16/h2-6,9-10,13-14,18H,7-8,11-12H2,1H3,(H,21,23). The molecule has 5 heteroatoms. The molecule has 1 N–H and O–H groups in total. The molecule has 0 bridgehead atoms. The van der Waals surface area contributed by atoms with Crippen molar-refractivity contribution in [3.63, 3.8) is 0 Å². The molecule has 1 aliphatic heterocycles. The van der Waals surface area contributed by atoms with Gasteiger partial charge in [-0.1, -0.05) is 30.3 Å². The topological polar surface area (TPSA) is 62.4 Å².